The lowest BCUT2D eigenvalue weighted by Gasteiger charge is -2.03. The van der Waals surface area contributed by atoms with E-state index in [1.807, 2.05) is 0 Å². The van der Waals surface area contributed by atoms with Crippen molar-refractivity contribution in [2.75, 3.05) is 5.73 Å². The predicted molar refractivity (Wildman–Crippen MR) is 58.3 cm³/mol. The Balaban J connectivity index is 3.26. The Bertz CT molecular complexity index is 446. The topological polar surface area (TPSA) is 89.3 Å². The van der Waals surface area contributed by atoms with Crippen LogP contribution in [0.4, 0.5) is 10.1 Å². The molecule has 15 heavy (non-hydrogen) atoms. The molecule has 0 amide bonds. The number of rotatable bonds is 2. The van der Waals surface area contributed by atoms with Crippen LogP contribution in [0, 0.1) is 5.82 Å². The Hall–Kier alpha value is -1.56. The molecule has 0 atom stereocenters. The van der Waals surface area contributed by atoms with Gasteiger partial charge in [0.1, 0.15) is 11.5 Å². The molecular formula is C9H8BrFN2O2. The van der Waals surface area contributed by atoms with Crippen molar-refractivity contribution in [2.24, 2.45) is 5.73 Å². The second-order valence-electron chi connectivity index (χ2n) is 2.80. The summed E-state index contributed by atoms with van der Waals surface area (Å²) in [6.07, 6.45) is 1.10. The van der Waals surface area contributed by atoms with E-state index in [9.17, 15) is 9.18 Å². The molecule has 0 spiro atoms. The average molecular weight is 275 g/mol. The molecule has 0 aliphatic heterocycles. The summed E-state index contributed by atoms with van der Waals surface area (Å²) in [6.45, 7) is 0. The largest absolute Gasteiger partial charge is 0.477 e. The molecule has 0 bridgehead atoms. The quantitative estimate of drug-likeness (QED) is 0.564. The van der Waals surface area contributed by atoms with Gasteiger partial charge in [-0.05, 0) is 18.2 Å². The molecule has 0 unspecified atom stereocenters. The van der Waals surface area contributed by atoms with Gasteiger partial charge in [-0.25, -0.2) is 9.18 Å². The first-order valence-corrected chi connectivity index (χ1v) is 4.66. The van der Waals surface area contributed by atoms with Gasteiger partial charge < -0.3 is 16.6 Å². The molecule has 5 N–H and O–H groups in total. The van der Waals surface area contributed by atoms with Gasteiger partial charge in [-0.2, -0.15) is 0 Å². The van der Waals surface area contributed by atoms with Crippen molar-refractivity contribution in [3.05, 3.63) is 33.7 Å². The summed E-state index contributed by atoms with van der Waals surface area (Å²) in [5.41, 5.74) is 10.3. The van der Waals surface area contributed by atoms with Crippen molar-refractivity contribution >= 4 is 33.7 Å². The molecule has 0 aliphatic carbocycles. The van der Waals surface area contributed by atoms with Crippen LogP contribution in [0.1, 0.15) is 5.56 Å². The third kappa shape index (κ3) is 2.69. The summed E-state index contributed by atoms with van der Waals surface area (Å²) in [7, 11) is 0. The minimum absolute atomic E-state index is 0.137. The zero-order valence-electron chi connectivity index (χ0n) is 7.50. The standard InChI is InChI=1S/C9H8BrFN2O2/c10-5-1-4(2-7(12)9(14)15)8(13)6(11)3-5/h1-3H,12-13H2,(H,14,15)/b7-2-. The molecule has 0 saturated carbocycles. The van der Waals surface area contributed by atoms with Crippen LogP contribution < -0.4 is 11.5 Å². The first kappa shape index (κ1) is 11.5. The summed E-state index contributed by atoms with van der Waals surface area (Å²) < 4.78 is 13.6. The number of nitrogen functional groups attached to an aromatic ring is 1. The van der Waals surface area contributed by atoms with E-state index in [4.69, 9.17) is 16.6 Å². The maximum absolute atomic E-state index is 13.1. The lowest BCUT2D eigenvalue weighted by Crippen LogP contribution is -2.09. The number of carbonyl (C=O) groups is 1. The van der Waals surface area contributed by atoms with E-state index in [2.05, 4.69) is 15.9 Å². The van der Waals surface area contributed by atoms with Crippen LogP contribution in [0.25, 0.3) is 6.08 Å². The van der Waals surface area contributed by atoms with E-state index in [1.165, 1.54) is 12.1 Å². The van der Waals surface area contributed by atoms with Gasteiger partial charge in [-0.1, -0.05) is 15.9 Å². The maximum atomic E-state index is 13.1. The third-order valence-electron chi connectivity index (χ3n) is 1.68. The number of hydrogen-bond donors (Lipinski definition) is 3. The number of aliphatic carboxylic acids is 1. The van der Waals surface area contributed by atoms with Gasteiger partial charge in [0.2, 0.25) is 0 Å². The fraction of sp³-hybridized carbons (Fsp3) is 0. The predicted octanol–water partition coefficient (Wildman–Crippen LogP) is 1.55. The minimum Gasteiger partial charge on any atom is -0.477 e. The Labute approximate surface area is 93.5 Å². The zero-order chi connectivity index (χ0) is 11.6. The molecule has 0 heterocycles. The molecular weight excluding hydrogens is 267 g/mol. The first-order chi connectivity index (χ1) is 6.91. The average Bonchev–Trinajstić information content (AvgIpc) is 2.13. The molecule has 4 nitrogen and oxygen atoms in total. The Morgan fingerprint density at radius 3 is 2.67 bits per heavy atom. The van der Waals surface area contributed by atoms with E-state index < -0.39 is 17.5 Å². The van der Waals surface area contributed by atoms with Gasteiger partial charge in [0.25, 0.3) is 0 Å². The van der Waals surface area contributed by atoms with Crippen LogP contribution in [0.2, 0.25) is 0 Å². The highest BCUT2D eigenvalue weighted by Gasteiger charge is 2.08. The van der Waals surface area contributed by atoms with Crippen molar-refractivity contribution in [1.82, 2.24) is 0 Å². The zero-order valence-corrected chi connectivity index (χ0v) is 9.08. The Morgan fingerprint density at radius 2 is 2.13 bits per heavy atom. The number of halogens is 2. The van der Waals surface area contributed by atoms with Gasteiger partial charge in [-0.3, -0.25) is 0 Å². The molecule has 0 radical (unpaired) electrons. The second-order valence-corrected chi connectivity index (χ2v) is 3.71. The molecule has 0 aliphatic rings. The number of carboxylic acids is 1. The molecule has 1 rings (SSSR count). The van der Waals surface area contributed by atoms with Crippen LogP contribution in [-0.4, -0.2) is 11.1 Å². The van der Waals surface area contributed by atoms with Crippen LogP contribution in [0.5, 0.6) is 0 Å². The Kier molecular flexibility index (Phi) is 3.31. The normalized spacial score (nSPS) is 11.5. The molecule has 1 aromatic carbocycles. The number of nitrogens with two attached hydrogens (primary N) is 2. The summed E-state index contributed by atoms with van der Waals surface area (Å²) in [6, 6.07) is 2.66. The molecule has 1 aromatic rings. The van der Waals surface area contributed by atoms with Crippen molar-refractivity contribution < 1.29 is 14.3 Å². The molecule has 80 valence electrons. The van der Waals surface area contributed by atoms with E-state index in [0.29, 0.717) is 4.47 Å². The van der Waals surface area contributed by atoms with Gasteiger partial charge in [0.15, 0.2) is 0 Å². The van der Waals surface area contributed by atoms with Crippen molar-refractivity contribution in [3.63, 3.8) is 0 Å². The van der Waals surface area contributed by atoms with Crippen molar-refractivity contribution in [3.8, 4) is 0 Å². The van der Waals surface area contributed by atoms with Crippen LogP contribution in [0.15, 0.2) is 22.3 Å². The lowest BCUT2D eigenvalue weighted by molar-refractivity contribution is -0.132. The Morgan fingerprint density at radius 1 is 1.53 bits per heavy atom. The summed E-state index contributed by atoms with van der Waals surface area (Å²) in [5, 5.41) is 8.53. The lowest BCUT2D eigenvalue weighted by atomic mass is 10.1. The van der Waals surface area contributed by atoms with Gasteiger partial charge in [0, 0.05) is 10.0 Å². The van der Waals surface area contributed by atoms with Crippen LogP contribution in [-0.2, 0) is 4.79 Å². The minimum atomic E-state index is -1.28. The highest BCUT2D eigenvalue weighted by Crippen LogP contribution is 2.23. The molecule has 0 saturated heterocycles. The number of carboxylic acid groups (broad SMARTS) is 1. The molecule has 0 fully saturated rings. The summed E-state index contributed by atoms with van der Waals surface area (Å²) >= 11 is 3.06. The molecule has 0 aromatic heterocycles. The van der Waals surface area contributed by atoms with Crippen LogP contribution >= 0.6 is 15.9 Å². The number of benzene rings is 1. The van der Waals surface area contributed by atoms with Gasteiger partial charge >= 0.3 is 5.97 Å². The fourth-order valence-electron chi connectivity index (χ4n) is 0.953. The van der Waals surface area contributed by atoms with E-state index in [-0.39, 0.29) is 11.3 Å². The van der Waals surface area contributed by atoms with Crippen molar-refractivity contribution in [1.29, 1.82) is 0 Å². The highest BCUT2D eigenvalue weighted by atomic mass is 79.9. The smallest absolute Gasteiger partial charge is 0.351 e. The first-order valence-electron chi connectivity index (χ1n) is 3.87. The maximum Gasteiger partial charge on any atom is 0.351 e. The second kappa shape index (κ2) is 4.31. The van der Waals surface area contributed by atoms with Gasteiger partial charge in [0.05, 0.1) is 5.69 Å². The highest BCUT2D eigenvalue weighted by molar-refractivity contribution is 9.10. The van der Waals surface area contributed by atoms with E-state index in [1.54, 1.807) is 0 Å². The van der Waals surface area contributed by atoms with E-state index >= 15 is 0 Å². The SMILES string of the molecule is N/C(=C\c1cc(Br)cc(F)c1N)C(=O)O. The summed E-state index contributed by atoms with van der Waals surface area (Å²) in [4.78, 5) is 10.4. The summed E-state index contributed by atoms with van der Waals surface area (Å²) in [5.74, 6) is -1.91. The van der Waals surface area contributed by atoms with Gasteiger partial charge in [-0.15, -0.1) is 0 Å². The van der Waals surface area contributed by atoms with Crippen LogP contribution in [0.3, 0.4) is 0 Å². The third-order valence-corrected chi connectivity index (χ3v) is 2.14. The number of anilines is 1. The fourth-order valence-corrected chi connectivity index (χ4v) is 1.40. The van der Waals surface area contributed by atoms with Crippen molar-refractivity contribution in [2.45, 2.75) is 0 Å². The monoisotopic (exact) mass is 274 g/mol. The number of hydrogen-bond acceptors (Lipinski definition) is 3. The molecule has 6 heteroatoms. The van der Waals surface area contributed by atoms with E-state index in [0.717, 1.165) is 6.08 Å².